The number of methoxy groups -OCH3 is 3. The molecule has 0 saturated heterocycles. The van der Waals surface area contributed by atoms with E-state index >= 15 is 0 Å². The van der Waals surface area contributed by atoms with Gasteiger partial charge in [0.2, 0.25) is 0 Å². The summed E-state index contributed by atoms with van der Waals surface area (Å²) in [6.45, 7) is 1.23. The molecular weight excluding hydrogens is 420 g/mol. The molecular formula is C23H22O9. The highest BCUT2D eigenvalue weighted by molar-refractivity contribution is 5.90. The van der Waals surface area contributed by atoms with Crippen molar-refractivity contribution in [2.45, 2.75) is 6.92 Å². The lowest BCUT2D eigenvalue weighted by Gasteiger charge is -2.19. The van der Waals surface area contributed by atoms with E-state index in [-0.39, 0.29) is 17.2 Å². The van der Waals surface area contributed by atoms with E-state index in [0.717, 1.165) is 12.2 Å². The van der Waals surface area contributed by atoms with Crippen molar-refractivity contribution >= 4 is 30.1 Å². The summed E-state index contributed by atoms with van der Waals surface area (Å²) in [5, 5.41) is 17.9. The van der Waals surface area contributed by atoms with Gasteiger partial charge in [0.25, 0.3) is 0 Å². The molecule has 0 heterocycles. The van der Waals surface area contributed by atoms with Gasteiger partial charge >= 0.3 is 17.9 Å². The van der Waals surface area contributed by atoms with Gasteiger partial charge in [0.1, 0.15) is 0 Å². The number of hydrogen-bond donors (Lipinski definition) is 2. The zero-order chi connectivity index (χ0) is 23.8. The molecule has 9 nitrogen and oxygen atoms in total. The summed E-state index contributed by atoms with van der Waals surface area (Å²) in [5.74, 6) is -2.04. The highest BCUT2D eigenvalue weighted by atomic mass is 16.6. The summed E-state index contributed by atoms with van der Waals surface area (Å²) in [5.41, 5.74) is 1.66. The number of aliphatic carboxylic acids is 2. The molecule has 2 N–H and O–H groups in total. The number of carboxylic acid groups (broad SMARTS) is 2. The fourth-order valence-electron chi connectivity index (χ4n) is 2.94. The maximum atomic E-state index is 11.8. The normalized spacial score (nSPS) is 10.9. The molecule has 0 aliphatic carbocycles. The highest BCUT2D eigenvalue weighted by Gasteiger charge is 2.22. The largest absolute Gasteiger partial charge is 0.493 e. The summed E-state index contributed by atoms with van der Waals surface area (Å²) < 4.78 is 21.7. The number of ether oxygens (including phenoxy) is 4. The van der Waals surface area contributed by atoms with Gasteiger partial charge in [0, 0.05) is 30.2 Å². The number of carbonyl (C=O) groups excluding carboxylic acids is 1. The molecule has 0 aliphatic heterocycles. The van der Waals surface area contributed by atoms with Crippen molar-refractivity contribution in [3.63, 3.8) is 0 Å². The number of esters is 1. The van der Waals surface area contributed by atoms with Crippen LogP contribution >= 0.6 is 0 Å². The Morgan fingerprint density at radius 3 is 1.53 bits per heavy atom. The number of carbonyl (C=O) groups is 3. The smallest absolute Gasteiger partial charge is 0.328 e. The Hall–Kier alpha value is -4.27. The van der Waals surface area contributed by atoms with Crippen molar-refractivity contribution in [3.8, 4) is 34.1 Å². The minimum Gasteiger partial charge on any atom is -0.493 e. The second kappa shape index (κ2) is 10.7. The molecule has 0 spiro atoms. The van der Waals surface area contributed by atoms with Crippen LogP contribution in [0.5, 0.6) is 23.0 Å². The Kier molecular flexibility index (Phi) is 8.00. The molecule has 0 radical (unpaired) electrons. The standard InChI is InChI=1S/C23H22O9/c1-13(24)32-23-17(10-15(6-8-21(27)28)12-19(23)30-3)16-9-14(5-7-20(25)26)11-18(29-2)22(16)31-4/h5-12H,1-4H3,(H,25,26)(H,27,28)/b7-5+,8-6+. The first-order valence-electron chi connectivity index (χ1n) is 9.19. The minimum absolute atomic E-state index is 0.0761. The van der Waals surface area contributed by atoms with E-state index in [1.807, 2.05) is 0 Å². The van der Waals surface area contributed by atoms with Gasteiger partial charge in [-0.1, -0.05) is 0 Å². The van der Waals surface area contributed by atoms with E-state index in [4.69, 9.17) is 29.2 Å². The lowest BCUT2D eigenvalue weighted by Crippen LogP contribution is -2.06. The Bertz CT molecular complexity index is 1100. The third-order valence-corrected chi connectivity index (χ3v) is 4.17. The fraction of sp³-hybridized carbons (Fsp3) is 0.174. The molecule has 0 aromatic heterocycles. The predicted octanol–water partition coefficient (Wildman–Crippen LogP) is 3.50. The van der Waals surface area contributed by atoms with Gasteiger partial charge in [0.15, 0.2) is 23.0 Å². The third kappa shape index (κ3) is 5.88. The quantitative estimate of drug-likeness (QED) is 0.340. The van der Waals surface area contributed by atoms with Gasteiger partial charge in [-0.15, -0.1) is 0 Å². The van der Waals surface area contributed by atoms with Gasteiger partial charge in [-0.25, -0.2) is 9.59 Å². The van der Waals surface area contributed by atoms with Crippen LogP contribution < -0.4 is 18.9 Å². The number of hydrogen-bond acceptors (Lipinski definition) is 7. The number of rotatable bonds is 9. The molecule has 2 rings (SSSR count). The van der Waals surface area contributed by atoms with E-state index in [1.165, 1.54) is 46.5 Å². The van der Waals surface area contributed by atoms with Crippen molar-refractivity contribution in [2.24, 2.45) is 0 Å². The lowest BCUT2D eigenvalue weighted by molar-refractivity contribution is -0.132. The molecule has 32 heavy (non-hydrogen) atoms. The Labute approximate surface area is 184 Å². The van der Waals surface area contributed by atoms with Gasteiger partial charge in [-0.2, -0.15) is 0 Å². The number of benzene rings is 2. The van der Waals surface area contributed by atoms with Gasteiger partial charge < -0.3 is 29.2 Å². The number of carboxylic acids is 2. The van der Waals surface area contributed by atoms with Crippen molar-refractivity contribution in [1.82, 2.24) is 0 Å². The maximum Gasteiger partial charge on any atom is 0.328 e. The lowest BCUT2D eigenvalue weighted by atomic mass is 9.97. The fourth-order valence-corrected chi connectivity index (χ4v) is 2.94. The van der Waals surface area contributed by atoms with Crippen LogP contribution in [-0.4, -0.2) is 49.5 Å². The molecule has 9 heteroatoms. The third-order valence-electron chi connectivity index (χ3n) is 4.17. The van der Waals surface area contributed by atoms with E-state index in [9.17, 15) is 14.4 Å². The first-order valence-corrected chi connectivity index (χ1v) is 9.19. The van der Waals surface area contributed by atoms with Crippen molar-refractivity contribution in [1.29, 1.82) is 0 Å². The van der Waals surface area contributed by atoms with Crippen LogP contribution in [-0.2, 0) is 14.4 Å². The van der Waals surface area contributed by atoms with Crippen LogP contribution in [0.3, 0.4) is 0 Å². The van der Waals surface area contributed by atoms with Crippen LogP contribution in [0.1, 0.15) is 18.1 Å². The summed E-state index contributed by atoms with van der Waals surface area (Å²) >= 11 is 0. The predicted molar refractivity (Wildman–Crippen MR) is 116 cm³/mol. The molecule has 0 atom stereocenters. The monoisotopic (exact) mass is 442 g/mol. The molecule has 0 saturated carbocycles. The van der Waals surface area contributed by atoms with Crippen LogP contribution in [0.25, 0.3) is 23.3 Å². The molecule has 0 fully saturated rings. The van der Waals surface area contributed by atoms with Crippen LogP contribution in [0.2, 0.25) is 0 Å². The zero-order valence-electron chi connectivity index (χ0n) is 17.9. The summed E-state index contributed by atoms with van der Waals surface area (Å²) in [6, 6.07) is 6.30. The highest BCUT2D eigenvalue weighted by Crippen LogP contribution is 2.47. The molecule has 0 aliphatic rings. The molecule has 0 unspecified atom stereocenters. The average molecular weight is 442 g/mol. The molecule has 168 valence electrons. The summed E-state index contributed by atoms with van der Waals surface area (Å²) in [6.07, 6.45) is 4.63. The van der Waals surface area contributed by atoms with Crippen molar-refractivity contribution in [2.75, 3.05) is 21.3 Å². The van der Waals surface area contributed by atoms with Crippen LogP contribution in [0.15, 0.2) is 36.4 Å². The van der Waals surface area contributed by atoms with E-state index in [1.54, 1.807) is 18.2 Å². The molecule has 0 amide bonds. The van der Waals surface area contributed by atoms with Crippen molar-refractivity contribution < 1.29 is 43.5 Å². The Morgan fingerprint density at radius 1 is 0.719 bits per heavy atom. The Morgan fingerprint density at radius 2 is 1.16 bits per heavy atom. The van der Waals surface area contributed by atoms with E-state index < -0.39 is 17.9 Å². The van der Waals surface area contributed by atoms with E-state index in [2.05, 4.69) is 0 Å². The van der Waals surface area contributed by atoms with Gasteiger partial charge in [0.05, 0.1) is 21.3 Å². The first kappa shape index (κ1) is 24.0. The van der Waals surface area contributed by atoms with Gasteiger partial charge in [-0.3, -0.25) is 4.79 Å². The van der Waals surface area contributed by atoms with Crippen LogP contribution in [0, 0.1) is 0 Å². The van der Waals surface area contributed by atoms with Gasteiger partial charge in [-0.05, 0) is 47.5 Å². The molecule has 2 aromatic carbocycles. The topological polar surface area (TPSA) is 129 Å². The maximum absolute atomic E-state index is 11.8. The van der Waals surface area contributed by atoms with Crippen LogP contribution in [0.4, 0.5) is 0 Å². The SMILES string of the molecule is COc1cc(/C=C/C(=O)O)cc(-c2cc(/C=C/C(=O)O)cc(OC)c2OC(C)=O)c1OC. The van der Waals surface area contributed by atoms with Crippen molar-refractivity contribution in [3.05, 3.63) is 47.5 Å². The minimum atomic E-state index is -1.14. The molecule has 2 aromatic rings. The van der Waals surface area contributed by atoms with E-state index in [0.29, 0.717) is 28.0 Å². The first-order chi connectivity index (χ1) is 15.2. The summed E-state index contributed by atoms with van der Waals surface area (Å²) in [4.78, 5) is 33.7. The average Bonchev–Trinajstić information content (AvgIpc) is 2.75. The zero-order valence-corrected chi connectivity index (χ0v) is 17.9. The molecule has 0 bridgehead atoms. The second-order valence-corrected chi connectivity index (χ2v) is 6.34. The summed E-state index contributed by atoms with van der Waals surface area (Å²) in [7, 11) is 4.22. The second-order valence-electron chi connectivity index (χ2n) is 6.34. The Balaban J connectivity index is 2.91.